The number of hydrogen-bond donors (Lipinski definition) is 1. The molecule has 0 saturated carbocycles. The van der Waals surface area contributed by atoms with E-state index in [1.54, 1.807) is 7.05 Å². The van der Waals surface area contributed by atoms with Crippen LogP contribution in [0.5, 0.6) is 0 Å². The molecule has 1 atom stereocenters. The average molecular weight is 235 g/mol. The molecule has 0 aromatic carbocycles. The highest BCUT2D eigenvalue weighted by Crippen LogP contribution is 2.28. The number of likely N-dealkylation sites (N-methyl/N-ethyl adjacent to an activating group) is 1. The molecule has 1 heterocycles. The first kappa shape index (κ1) is 13.0. The average Bonchev–Trinajstić information content (AvgIpc) is 2.61. The van der Waals surface area contributed by atoms with Gasteiger partial charge in [-0.2, -0.15) is 18.3 Å². The monoisotopic (exact) mass is 235 g/mol. The van der Waals surface area contributed by atoms with Crippen molar-refractivity contribution < 1.29 is 13.2 Å². The van der Waals surface area contributed by atoms with Crippen LogP contribution < -0.4 is 5.32 Å². The summed E-state index contributed by atoms with van der Waals surface area (Å²) < 4.78 is 38.3. The van der Waals surface area contributed by atoms with Gasteiger partial charge in [-0.15, -0.1) is 0 Å². The standard InChI is InChI=1S/C10H16F3N3/c1-7(2)9(14-3)6-16-5-8(4-15-16)10(11,12)13/h4-5,7,9,14H,6H2,1-3H3. The van der Waals surface area contributed by atoms with Gasteiger partial charge in [0.25, 0.3) is 0 Å². The van der Waals surface area contributed by atoms with Gasteiger partial charge in [-0.3, -0.25) is 4.68 Å². The zero-order valence-electron chi connectivity index (χ0n) is 9.54. The van der Waals surface area contributed by atoms with E-state index < -0.39 is 11.7 Å². The van der Waals surface area contributed by atoms with E-state index in [1.165, 1.54) is 4.68 Å². The van der Waals surface area contributed by atoms with Gasteiger partial charge >= 0.3 is 6.18 Å². The Balaban J connectivity index is 2.72. The number of alkyl halides is 3. The minimum Gasteiger partial charge on any atom is -0.315 e. The lowest BCUT2D eigenvalue weighted by Crippen LogP contribution is -2.35. The predicted molar refractivity (Wildman–Crippen MR) is 54.9 cm³/mol. The summed E-state index contributed by atoms with van der Waals surface area (Å²) in [6.07, 6.45) is -2.43. The van der Waals surface area contributed by atoms with E-state index in [2.05, 4.69) is 10.4 Å². The van der Waals surface area contributed by atoms with Crippen LogP contribution in [-0.2, 0) is 12.7 Å². The highest BCUT2D eigenvalue weighted by molar-refractivity contribution is 5.08. The van der Waals surface area contributed by atoms with Crippen LogP contribution in [0.2, 0.25) is 0 Å². The Bertz CT molecular complexity index is 330. The van der Waals surface area contributed by atoms with Crippen molar-refractivity contribution in [3.8, 4) is 0 Å². The fourth-order valence-electron chi connectivity index (χ4n) is 1.45. The number of nitrogens with zero attached hydrogens (tertiary/aromatic N) is 2. The lowest BCUT2D eigenvalue weighted by atomic mass is 10.1. The number of hydrogen-bond acceptors (Lipinski definition) is 2. The molecule has 1 aromatic heterocycles. The van der Waals surface area contributed by atoms with Crippen molar-refractivity contribution in [2.24, 2.45) is 5.92 Å². The van der Waals surface area contributed by atoms with Crippen molar-refractivity contribution in [3.05, 3.63) is 18.0 Å². The number of nitrogens with one attached hydrogen (secondary N) is 1. The second-order valence-electron chi connectivity index (χ2n) is 4.09. The molecule has 0 bridgehead atoms. The zero-order valence-corrected chi connectivity index (χ0v) is 9.54. The van der Waals surface area contributed by atoms with E-state index in [1.807, 2.05) is 13.8 Å². The highest BCUT2D eigenvalue weighted by Gasteiger charge is 2.32. The Morgan fingerprint density at radius 1 is 1.44 bits per heavy atom. The predicted octanol–water partition coefficient (Wildman–Crippen LogP) is 2.15. The first-order valence-corrected chi connectivity index (χ1v) is 5.11. The van der Waals surface area contributed by atoms with Crippen LogP contribution in [0.15, 0.2) is 12.4 Å². The quantitative estimate of drug-likeness (QED) is 0.866. The highest BCUT2D eigenvalue weighted by atomic mass is 19.4. The maximum atomic E-state index is 12.3. The smallest absolute Gasteiger partial charge is 0.315 e. The third kappa shape index (κ3) is 3.23. The third-order valence-corrected chi connectivity index (χ3v) is 2.52. The molecule has 0 spiro atoms. The molecule has 0 radical (unpaired) electrons. The topological polar surface area (TPSA) is 29.9 Å². The molecule has 3 nitrogen and oxygen atoms in total. The van der Waals surface area contributed by atoms with Crippen LogP contribution in [0.25, 0.3) is 0 Å². The van der Waals surface area contributed by atoms with Crippen molar-refractivity contribution in [1.29, 1.82) is 0 Å². The van der Waals surface area contributed by atoms with Crippen LogP contribution in [0, 0.1) is 5.92 Å². The molecule has 1 unspecified atom stereocenters. The molecule has 0 amide bonds. The molecule has 92 valence electrons. The molecule has 1 aromatic rings. The largest absolute Gasteiger partial charge is 0.419 e. The van der Waals surface area contributed by atoms with Gasteiger partial charge < -0.3 is 5.32 Å². The lowest BCUT2D eigenvalue weighted by molar-refractivity contribution is -0.137. The van der Waals surface area contributed by atoms with E-state index in [0.29, 0.717) is 12.5 Å². The third-order valence-electron chi connectivity index (χ3n) is 2.52. The van der Waals surface area contributed by atoms with Crippen molar-refractivity contribution in [1.82, 2.24) is 15.1 Å². The normalized spacial score (nSPS) is 14.4. The summed E-state index contributed by atoms with van der Waals surface area (Å²) in [6.45, 7) is 4.45. The van der Waals surface area contributed by atoms with Gasteiger partial charge in [0.05, 0.1) is 18.3 Å². The molecule has 0 aliphatic carbocycles. The van der Waals surface area contributed by atoms with E-state index in [-0.39, 0.29) is 6.04 Å². The van der Waals surface area contributed by atoms with Crippen molar-refractivity contribution in [3.63, 3.8) is 0 Å². The summed E-state index contributed by atoms with van der Waals surface area (Å²) >= 11 is 0. The lowest BCUT2D eigenvalue weighted by Gasteiger charge is -2.19. The maximum Gasteiger partial charge on any atom is 0.419 e. The van der Waals surface area contributed by atoms with Crippen molar-refractivity contribution in [2.45, 2.75) is 32.6 Å². The summed E-state index contributed by atoms with van der Waals surface area (Å²) in [6, 6.07) is 0.112. The van der Waals surface area contributed by atoms with Gasteiger partial charge in [-0.25, -0.2) is 0 Å². The molecule has 0 saturated heterocycles. The van der Waals surface area contributed by atoms with Crippen LogP contribution in [-0.4, -0.2) is 22.9 Å². The first-order chi connectivity index (χ1) is 7.34. The molecule has 0 aliphatic heterocycles. The summed E-state index contributed by atoms with van der Waals surface area (Å²) in [4.78, 5) is 0. The molecular weight excluding hydrogens is 219 g/mol. The van der Waals surface area contributed by atoms with Crippen LogP contribution in [0.1, 0.15) is 19.4 Å². The second-order valence-corrected chi connectivity index (χ2v) is 4.09. The Hall–Kier alpha value is -1.04. The van der Waals surface area contributed by atoms with E-state index >= 15 is 0 Å². The van der Waals surface area contributed by atoms with Gasteiger partial charge in [0.1, 0.15) is 0 Å². The van der Waals surface area contributed by atoms with Crippen LogP contribution >= 0.6 is 0 Å². The fourth-order valence-corrected chi connectivity index (χ4v) is 1.45. The number of rotatable bonds is 4. The van der Waals surface area contributed by atoms with E-state index in [4.69, 9.17) is 0 Å². The summed E-state index contributed by atoms with van der Waals surface area (Å²) in [5, 5.41) is 6.77. The summed E-state index contributed by atoms with van der Waals surface area (Å²) in [5.74, 6) is 0.337. The Morgan fingerprint density at radius 2 is 2.06 bits per heavy atom. The van der Waals surface area contributed by atoms with Gasteiger partial charge in [0.2, 0.25) is 0 Å². The van der Waals surface area contributed by atoms with Crippen LogP contribution in [0.4, 0.5) is 13.2 Å². The van der Waals surface area contributed by atoms with Gasteiger partial charge in [-0.05, 0) is 13.0 Å². The zero-order chi connectivity index (χ0) is 12.3. The van der Waals surface area contributed by atoms with E-state index in [9.17, 15) is 13.2 Å². The summed E-state index contributed by atoms with van der Waals surface area (Å²) in [5.41, 5.74) is -0.703. The molecule has 0 aliphatic rings. The Labute approximate surface area is 92.6 Å². The minimum absolute atomic E-state index is 0.112. The van der Waals surface area contributed by atoms with Crippen molar-refractivity contribution >= 4 is 0 Å². The molecule has 0 fully saturated rings. The molecule has 1 rings (SSSR count). The minimum atomic E-state index is -4.31. The molecular formula is C10H16F3N3. The van der Waals surface area contributed by atoms with Gasteiger partial charge in [0.15, 0.2) is 0 Å². The number of halogens is 3. The van der Waals surface area contributed by atoms with E-state index in [0.717, 1.165) is 12.4 Å². The first-order valence-electron chi connectivity index (χ1n) is 5.11. The second kappa shape index (κ2) is 4.86. The van der Waals surface area contributed by atoms with Gasteiger partial charge in [-0.1, -0.05) is 13.8 Å². The fraction of sp³-hybridized carbons (Fsp3) is 0.700. The maximum absolute atomic E-state index is 12.3. The van der Waals surface area contributed by atoms with Crippen molar-refractivity contribution in [2.75, 3.05) is 7.05 Å². The number of aromatic nitrogens is 2. The molecule has 16 heavy (non-hydrogen) atoms. The Morgan fingerprint density at radius 3 is 2.44 bits per heavy atom. The van der Waals surface area contributed by atoms with Crippen LogP contribution in [0.3, 0.4) is 0 Å². The van der Waals surface area contributed by atoms with Gasteiger partial charge in [0, 0.05) is 12.2 Å². The summed E-state index contributed by atoms with van der Waals surface area (Å²) in [7, 11) is 1.79. The Kier molecular flexibility index (Phi) is 3.96. The molecule has 1 N–H and O–H groups in total. The SMILES string of the molecule is CNC(Cn1cc(C(F)(F)F)cn1)C(C)C. The molecule has 6 heteroatoms.